The summed E-state index contributed by atoms with van der Waals surface area (Å²) < 4.78 is 1.92. The topological polar surface area (TPSA) is 69.6 Å². The molecule has 1 saturated carbocycles. The predicted octanol–water partition coefficient (Wildman–Crippen LogP) is 2.36. The van der Waals surface area contributed by atoms with E-state index >= 15 is 0 Å². The quantitative estimate of drug-likeness (QED) is 0.857. The summed E-state index contributed by atoms with van der Waals surface area (Å²) in [6, 6.07) is 7.70. The van der Waals surface area contributed by atoms with Crippen molar-refractivity contribution in [2.24, 2.45) is 11.8 Å². The van der Waals surface area contributed by atoms with Crippen LogP contribution in [-0.2, 0) is 6.54 Å². The van der Waals surface area contributed by atoms with Gasteiger partial charge in [-0.2, -0.15) is 0 Å². The van der Waals surface area contributed by atoms with Crippen molar-refractivity contribution in [2.45, 2.75) is 32.7 Å². The van der Waals surface area contributed by atoms with Gasteiger partial charge in [0.2, 0.25) is 0 Å². The molecule has 1 aliphatic rings. The van der Waals surface area contributed by atoms with Crippen molar-refractivity contribution in [3.8, 4) is 11.4 Å². The van der Waals surface area contributed by atoms with Crippen molar-refractivity contribution in [3.63, 3.8) is 0 Å². The van der Waals surface area contributed by atoms with E-state index in [1.54, 1.807) is 0 Å². The van der Waals surface area contributed by atoms with Crippen LogP contribution in [0.5, 0.6) is 0 Å². The Kier molecular flexibility index (Phi) is 3.19. The van der Waals surface area contributed by atoms with Crippen LogP contribution in [0.25, 0.3) is 11.4 Å². The molecule has 1 heterocycles. The minimum absolute atomic E-state index is 0.700. The predicted molar refractivity (Wildman–Crippen MR) is 74.2 cm³/mol. The molecule has 0 spiro atoms. The molecule has 0 bridgehead atoms. The average Bonchev–Trinajstić information content (AvgIpc) is 3.00. The highest BCUT2D eigenvalue weighted by molar-refractivity contribution is 5.58. The van der Waals surface area contributed by atoms with E-state index in [-0.39, 0.29) is 0 Å². The third kappa shape index (κ3) is 2.59. The Hall–Kier alpha value is -1.91. The molecular weight excluding hydrogens is 238 g/mol. The number of aromatic nitrogens is 4. The number of nitrogens with zero attached hydrogens (tertiary/aromatic N) is 4. The van der Waals surface area contributed by atoms with Crippen LogP contribution in [0.2, 0.25) is 0 Å². The van der Waals surface area contributed by atoms with Crippen LogP contribution in [-0.4, -0.2) is 20.2 Å². The van der Waals surface area contributed by atoms with E-state index in [4.69, 9.17) is 5.73 Å². The maximum atomic E-state index is 5.71. The number of hydrogen-bond donors (Lipinski definition) is 1. The molecule has 5 heteroatoms. The van der Waals surface area contributed by atoms with Crippen molar-refractivity contribution >= 4 is 5.69 Å². The fourth-order valence-electron chi connectivity index (χ4n) is 2.90. The molecule has 0 radical (unpaired) electrons. The van der Waals surface area contributed by atoms with Crippen LogP contribution in [0.1, 0.15) is 26.2 Å². The van der Waals surface area contributed by atoms with Crippen LogP contribution in [0, 0.1) is 11.8 Å². The second-order valence-electron chi connectivity index (χ2n) is 5.59. The lowest BCUT2D eigenvalue weighted by atomic mass is 10.1. The first kappa shape index (κ1) is 12.1. The molecule has 19 heavy (non-hydrogen) atoms. The second kappa shape index (κ2) is 4.99. The maximum absolute atomic E-state index is 5.71. The van der Waals surface area contributed by atoms with E-state index < -0.39 is 0 Å². The molecule has 1 aromatic heterocycles. The van der Waals surface area contributed by atoms with Crippen molar-refractivity contribution in [2.75, 3.05) is 5.73 Å². The molecule has 2 unspecified atom stereocenters. The zero-order valence-electron chi connectivity index (χ0n) is 11.2. The lowest BCUT2D eigenvalue weighted by Crippen LogP contribution is -2.11. The highest BCUT2D eigenvalue weighted by Gasteiger charge is 2.23. The molecular formula is C14H19N5. The zero-order chi connectivity index (χ0) is 13.2. The molecule has 1 aliphatic carbocycles. The Morgan fingerprint density at radius 2 is 2.05 bits per heavy atom. The highest BCUT2D eigenvalue weighted by atomic mass is 15.5. The lowest BCUT2D eigenvalue weighted by Gasteiger charge is -2.10. The van der Waals surface area contributed by atoms with Gasteiger partial charge in [-0.15, -0.1) is 5.10 Å². The van der Waals surface area contributed by atoms with Crippen LogP contribution in [0.3, 0.4) is 0 Å². The Bertz CT molecular complexity index is 545. The van der Waals surface area contributed by atoms with Crippen LogP contribution in [0.4, 0.5) is 5.69 Å². The number of nitrogen functional groups attached to an aromatic ring is 1. The van der Waals surface area contributed by atoms with E-state index in [0.717, 1.165) is 29.5 Å². The maximum Gasteiger partial charge on any atom is 0.182 e. The van der Waals surface area contributed by atoms with Gasteiger partial charge in [0.15, 0.2) is 5.82 Å². The van der Waals surface area contributed by atoms with Crippen molar-refractivity contribution in [3.05, 3.63) is 24.3 Å². The van der Waals surface area contributed by atoms with Crippen LogP contribution >= 0.6 is 0 Å². The second-order valence-corrected chi connectivity index (χ2v) is 5.59. The number of rotatable bonds is 3. The van der Waals surface area contributed by atoms with E-state index in [0.29, 0.717) is 5.92 Å². The first-order chi connectivity index (χ1) is 9.22. The fourth-order valence-corrected chi connectivity index (χ4v) is 2.90. The van der Waals surface area contributed by atoms with Gasteiger partial charge < -0.3 is 5.73 Å². The Balaban J connectivity index is 1.80. The van der Waals surface area contributed by atoms with Gasteiger partial charge in [0, 0.05) is 17.8 Å². The molecule has 0 saturated heterocycles. The van der Waals surface area contributed by atoms with Gasteiger partial charge in [0.05, 0.1) is 0 Å². The number of tetrazole rings is 1. The fraction of sp³-hybridized carbons (Fsp3) is 0.500. The Morgan fingerprint density at radius 1 is 1.26 bits per heavy atom. The number of benzene rings is 1. The highest BCUT2D eigenvalue weighted by Crippen LogP contribution is 2.32. The van der Waals surface area contributed by atoms with E-state index in [1.165, 1.54) is 19.3 Å². The van der Waals surface area contributed by atoms with Gasteiger partial charge in [0.1, 0.15) is 0 Å². The summed E-state index contributed by atoms with van der Waals surface area (Å²) in [5.41, 5.74) is 7.48. The first-order valence-electron chi connectivity index (χ1n) is 6.84. The molecule has 0 aliphatic heterocycles. The number of nitrogens with two attached hydrogens (primary N) is 1. The van der Waals surface area contributed by atoms with Crippen LogP contribution in [0.15, 0.2) is 24.3 Å². The summed E-state index contributed by atoms with van der Waals surface area (Å²) >= 11 is 0. The average molecular weight is 257 g/mol. The van der Waals surface area contributed by atoms with Crippen molar-refractivity contribution < 1.29 is 0 Å². The monoisotopic (exact) mass is 257 g/mol. The smallest absolute Gasteiger partial charge is 0.182 e. The third-order valence-electron chi connectivity index (χ3n) is 3.94. The minimum Gasteiger partial charge on any atom is -0.399 e. The minimum atomic E-state index is 0.700. The Labute approximate surface area is 112 Å². The van der Waals surface area contributed by atoms with E-state index in [9.17, 15) is 0 Å². The van der Waals surface area contributed by atoms with Gasteiger partial charge in [0.25, 0.3) is 0 Å². The molecule has 100 valence electrons. The summed E-state index contributed by atoms with van der Waals surface area (Å²) in [6.07, 6.45) is 3.88. The molecule has 1 aromatic carbocycles. The summed E-state index contributed by atoms with van der Waals surface area (Å²) in [5, 5.41) is 12.1. The summed E-state index contributed by atoms with van der Waals surface area (Å²) in [4.78, 5) is 0. The molecule has 3 rings (SSSR count). The SMILES string of the molecule is CC1CCC(Cn2nnnc2-c2ccc(N)cc2)C1. The van der Waals surface area contributed by atoms with Gasteiger partial charge in [-0.05, 0) is 59.4 Å². The molecule has 2 atom stereocenters. The number of anilines is 1. The normalized spacial score (nSPS) is 22.8. The molecule has 2 N–H and O–H groups in total. The molecule has 0 amide bonds. The van der Waals surface area contributed by atoms with Gasteiger partial charge >= 0.3 is 0 Å². The van der Waals surface area contributed by atoms with E-state index in [2.05, 4.69) is 22.4 Å². The molecule has 1 fully saturated rings. The molecule has 5 nitrogen and oxygen atoms in total. The first-order valence-corrected chi connectivity index (χ1v) is 6.84. The summed E-state index contributed by atoms with van der Waals surface area (Å²) in [5.74, 6) is 2.37. The van der Waals surface area contributed by atoms with Crippen molar-refractivity contribution in [1.29, 1.82) is 0 Å². The largest absolute Gasteiger partial charge is 0.399 e. The van der Waals surface area contributed by atoms with Gasteiger partial charge in [-0.3, -0.25) is 0 Å². The Morgan fingerprint density at radius 3 is 2.74 bits per heavy atom. The van der Waals surface area contributed by atoms with Crippen LogP contribution < -0.4 is 5.73 Å². The lowest BCUT2D eigenvalue weighted by molar-refractivity contribution is 0.412. The standard InChI is InChI=1S/C14H19N5/c1-10-2-3-11(8-10)9-19-14(16-17-18-19)12-4-6-13(15)7-5-12/h4-7,10-11H,2-3,8-9,15H2,1H3. The molecule has 2 aromatic rings. The summed E-state index contributed by atoms with van der Waals surface area (Å²) in [7, 11) is 0. The number of hydrogen-bond acceptors (Lipinski definition) is 4. The summed E-state index contributed by atoms with van der Waals surface area (Å²) in [6.45, 7) is 3.23. The van der Waals surface area contributed by atoms with Gasteiger partial charge in [-0.25, -0.2) is 4.68 Å². The van der Waals surface area contributed by atoms with E-state index in [1.807, 2.05) is 28.9 Å². The van der Waals surface area contributed by atoms with Gasteiger partial charge in [-0.1, -0.05) is 13.3 Å². The third-order valence-corrected chi connectivity index (χ3v) is 3.94. The van der Waals surface area contributed by atoms with Crippen molar-refractivity contribution in [1.82, 2.24) is 20.2 Å². The zero-order valence-corrected chi connectivity index (χ0v) is 11.2.